The van der Waals surface area contributed by atoms with E-state index in [1.807, 2.05) is 13.0 Å². The van der Waals surface area contributed by atoms with Crippen LogP contribution in [-0.2, 0) is 6.42 Å². The second-order valence-corrected chi connectivity index (χ2v) is 13.8. The van der Waals surface area contributed by atoms with Crippen molar-refractivity contribution >= 4 is 27.6 Å². The number of rotatable bonds is 3. The molecular weight excluding hydrogens is 576 g/mol. The van der Waals surface area contributed by atoms with Gasteiger partial charge in [0.05, 0.1) is 28.7 Å². The molecule has 0 radical (unpaired) electrons. The van der Waals surface area contributed by atoms with Gasteiger partial charge in [0.2, 0.25) is 0 Å². The summed E-state index contributed by atoms with van der Waals surface area (Å²) < 4.78 is 37.9. The molecule has 2 N–H and O–H groups in total. The number of fused-ring (bicyclic) bond motifs is 8. The Bertz CT molecular complexity index is 1750. The zero-order valence-electron chi connectivity index (χ0n) is 25.9. The van der Waals surface area contributed by atoms with E-state index >= 15 is 4.39 Å². The lowest BCUT2D eigenvalue weighted by molar-refractivity contribution is 0.107. The monoisotopic (exact) mass is 617 g/mol. The van der Waals surface area contributed by atoms with Gasteiger partial charge in [-0.1, -0.05) is 0 Å². The van der Waals surface area contributed by atoms with Crippen LogP contribution in [0, 0.1) is 18.7 Å². The molecule has 45 heavy (non-hydrogen) atoms. The Morgan fingerprint density at radius 1 is 1.07 bits per heavy atom. The van der Waals surface area contributed by atoms with Crippen molar-refractivity contribution in [1.29, 1.82) is 0 Å². The van der Waals surface area contributed by atoms with Crippen LogP contribution in [0.15, 0.2) is 18.5 Å². The van der Waals surface area contributed by atoms with Crippen LogP contribution >= 0.6 is 0 Å². The zero-order valence-corrected chi connectivity index (χ0v) is 25.9. The summed E-state index contributed by atoms with van der Waals surface area (Å²) in [6.45, 7) is 5.15. The Balaban J connectivity index is 1.28. The fourth-order valence-electron chi connectivity index (χ4n) is 8.59. The minimum atomic E-state index is -0.869. The summed E-state index contributed by atoms with van der Waals surface area (Å²) in [5.74, 6) is 0.510. The van der Waals surface area contributed by atoms with E-state index in [0.29, 0.717) is 48.5 Å². The van der Waals surface area contributed by atoms with Crippen LogP contribution in [0.5, 0.6) is 6.01 Å². The maximum absolute atomic E-state index is 17.0. The average molecular weight is 618 g/mol. The summed E-state index contributed by atoms with van der Waals surface area (Å²) in [6.07, 6.45) is 10.4. The topological polar surface area (TPSA) is 103 Å². The molecule has 9 nitrogen and oxygen atoms in total. The number of ether oxygens (including phenoxy) is 1. The van der Waals surface area contributed by atoms with E-state index in [4.69, 9.17) is 19.7 Å². The van der Waals surface area contributed by atoms with Gasteiger partial charge in [0, 0.05) is 43.2 Å². The summed E-state index contributed by atoms with van der Waals surface area (Å²) in [7, 11) is 0. The molecule has 0 unspecified atom stereocenters. The predicted molar refractivity (Wildman–Crippen MR) is 169 cm³/mol. The highest BCUT2D eigenvalue weighted by Crippen LogP contribution is 2.42. The summed E-state index contributed by atoms with van der Waals surface area (Å²) >= 11 is 0. The Hall–Kier alpha value is -3.44. The summed E-state index contributed by atoms with van der Waals surface area (Å²) in [4.78, 5) is 18.8. The van der Waals surface area contributed by atoms with E-state index in [2.05, 4.69) is 20.0 Å². The number of aryl methyl sites for hydroxylation is 1. The predicted octanol–water partition coefficient (Wildman–Crippen LogP) is 5.66. The van der Waals surface area contributed by atoms with Crippen LogP contribution in [0.3, 0.4) is 0 Å². The van der Waals surface area contributed by atoms with E-state index in [1.165, 1.54) is 0 Å². The summed E-state index contributed by atoms with van der Waals surface area (Å²) in [5, 5.41) is 19.6. The SMILES string of the molecule is Cc1cc2[nH]ncc2c2c1CCC[C@@H](O)CC[C@@H]1CCCN(C1)c1nc(OC[C@@]34CCCN3C[C@H](F)C4)nc3c(F)c-2ncc13. The molecule has 0 aliphatic carbocycles. The molecule has 5 aliphatic heterocycles. The van der Waals surface area contributed by atoms with E-state index in [0.717, 1.165) is 86.6 Å². The van der Waals surface area contributed by atoms with Crippen molar-refractivity contribution in [2.45, 2.75) is 88.9 Å². The molecule has 9 rings (SSSR count). The Labute approximate surface area is 261 Å². The Morgan fingerprint density at radius 3 is 2.89 bits per heavy atom. The van der Waals surface area contributed by atoms with Gasteiger partial charge in [0.1, 0.15) is 29.8 Å². The largest absolute Gasteiger partial charge is 0.461 e. The number of nitrogens with one attached hydrogen (secondary N) is 1. The number of aliphatic hydroxyl groups is 1. The number of nitrogens with zero attached hydrogens (tertiary/aromatic N) is 6. The molecular formula is C34H41F2N7O2. The van der Waals surface area contributed by atoms with Crippen molar-refractivity contribution in [3.8, 4) is 17.3 Å². The van der Waals surface area contributed by atoms with Gasteiger partial charge in [-0.3, -0.25) is 15.0 Å². The normalized spacial score (nSPS) is 27.5. The van der Waals surface area contributed by atoms with E-state index < -0.39 is 12.0 Å². The molecule has 5 aliphatic rings. The second kappa shape index (κ2) is 11.4. The van der Waals surface area contributed by atoms with E-state index in [1.54, 1.807) is 12.4 Å². The number of aromatic nitrogens is 5. The molecule has 0 saturated carbocycles. The molecule has 4 aromatic rings. The minimum absolute atomic E-state index is 0.119. The number of benzene rings is 1. The molecule has 238 valence electrons. The standard InChI is InChI=1S/C34H41F2N7O2/c1-20-13-27-25(16-38-41-27)28-24(20)7-2-6-23(44)9-8-21-5-3-11-42(17-21)32-26-15-37-31(28)29(36)30(26)39-33(40-32)45-19-34-10-4-12-43(34)18-22(35)14-34/h13,15-16,21-23,44H,2-12,14,17-19H2,1H3,(H,38,41)/t21-,22+,23+,34-/m0/s1. The minimum Gasteiger partial charge on any atom is -0.461 e. The second-order valence-electron chi connectivity index (χ2n) is 13.8. The Kier molecular flexibility index (Phi) is 7.36. The molecule has 1 aromatic carbocycles. The first-order valence-electron chi connectivity index (χ1n) is 16.7. The highest BCUT2D eigenvalue weighted by Gasteiger charge is 2.49. The summed E-state index contributed by atoms with van der Waals surface area (Å²) in [5.41, 5.74) is 3.59. The fourth-order valence-corrected chi connectivity index (χ4v) is 8.59. The van der Waals surface area contributed by atoms with Gasteiger partial charge >= 0.3 is 6.01 Å². The van der Waals surface area contributed by atoms with E-state index in [-0.39, 0.29) is 35.5 Å². The van der Waals surface area contributed by atoms with Gasteiger partial charge in [-0.05, 0) is 94.4 Å². The quantitative estimate of drug-likeness (QED) is 0.304. The van der Waals surface area contributed by atoms with Crippen molar-refractivity contribution in [2.75, 3.05) is 37.7 Å². The highest BCUT2D eigenvalue weighted by atomic mass is 19.1. The third kappa shape index (κ3) is 5.12. The van der Waals surface area contributed by atoms with Gasteiger partial charge in [-0.25, -0.2) is 8.78 Å². The number of hydrogen-bond donors (Lipinski definition) is 2. The van der Waals surface area contributed by atoms with Gasteiger partial charge in [0.15, 0.2) is 5.82 Å². The molecule has 3 aromatic heterocycles. The molecule has 3 fully saturated rings. The van der Waals surface area contributed by atoms with Crippen LogP contribution in [0.25, 0.3) is 33.1 Å². The number of alkyl halides is 1. The third-order valence-corrected chi connectivity index (χ3v) is 10.9. The van der Waals surface area contributed by atoms with Crippen molar-refractivity contribution in [1.82, 2.24) is 30.0 Å². The average Bonchev–Trinajstić information content (AvgIpc) is 3.73. The first-order chi connectivity index (χ1) is 21.9. The molecule has 3 saturated heterocycles. The number of halogens is 2. The first-order valence-corrected chi connectivity index (χ1v) is 16.7. The molecule has 11 heteroatoms. The van der Waals surface area contributed by atoms with Crippen LogP contribution in [0.1, 0.15) is 68.9 Å². The lowest BCUT2D eigenvalue weighted by Gasteiger charge is -2.35. The molecule has 0 amide bonds. The fraction of sp³-hybridized carbons (Fsp3) is 0.588. The van der Waals surface area contributed by atoms with Crippen molar-refractivity contribution in [2.24, 2.45) is 5.92 Å². The molecule has 4 atom stereocenters. The highest BCUT2D eigenvalue weighted by molar-refractivity contribution is 5.99. The van der Waals surface area contributed by atoms with Crippen molar-refractivity contribution in [3.63, 3.8) is 0 Å². The zero-order chi connectivity index (χ0) is 30.7. The van der Waals surface area contributed by atoms with Crippen LogP contribution < -0.4 is 9.64 Å². The van der Waals surface area contributed by atoms with Crippen LogP contribution in [-0.4, -0.2) is 85.8 Å². The maximum atomic E-state index is 17.0. The van der Waals surface area contributed by atoms with Crippen LogP contribution in [0.2, 0.25) is 0 Å². The molecule has 6 bridgehead atoms. The number of aliphatic hydroxyl groups excluding tert-OH is 1. The number of hydrogen-bond acceptors (Lipinski definition) is 8. The number of anilines is 1. The summed E-state index contributed by atoms with van der Waals surface area (Å²) in [6, 6.07) is 2.17. The van der Waals surface area contributed by atoms with Crippen LogP contribution in [0.4, 0.5) is 14.6 Å². The van der Waals surface area contributed by atoms with Gasteiger partial charge in [-0.2, -0.15) is 15.1 Å². The van der Waals surface area contributed by atoms with Crippen molar-refractivity contribution < 1.29 is 18.6 Å². The first kappa shape index (κ1) is 29.0. The smallest absolute Gasteiger partial charge is 0.319 e. The number of pyridine rings is 1. The van der Waals surface area contributed by atoms with Crippen molar-refractivity contribution in [3.05, 3.63) is 35.4 Å². The maximum Gasteiger partial charge on any atom is 0.319 e. The van der Waals surface area contributed by atoms with Gasteiger partial charge in [0.25, 0.3) is 0 Å². The number of H-pyrrole nitrogens is 1. The van der Waals surface area contributed by atoms with Gasteiger partial charge in [-0.15, -0.1) is 0 Å². The number of piperidine rings is 1. The van der Waals surface area contributed by atoms with E-state index in [9.17, 15) is 9.50 Å². The Morgan fingerprint density at radius 2 is 1.98 bits per heavy atom. The number of aromatic amines is 1. The third-order valence-electron chi connectivity index (χ3n) is 10.9. The molecule has 8 heterocycles. The lowest BCUT2D eigenvalue weighted by atomic mass is 9.89. The lowest BCUT2D eigenvalue weighted by Crippen LogP contribution is -2.43. The molecule has 0 spiro atoms. The van der Waals surface area contributed by atoms with Gasteiger partial charge < -0.3 is 14.7 Å².